The molecule has 1 aliphatic heterocycles. The third kappa shape index (κ3) is 9.88. The van der Waals surface area contributed by atoms with E-state index in [0.29, 0.717) is 52.9 Å². The lowest BCUT2D eigenvalue weighted by atomic mass is 9.99. The predicted octanol–water partition coefficient (Wildman–Crippen LogP) is -1.07. The molecule has 168 valence electrons. The zero-order valence-electron chi connectivity index (χ0n) is 16.9. The average molecular weight is 412 g/mol. The molecule has 0 aromatic rings. The van der Waals surface area contributed by atoms with Gasteiger partial charge in [-0.25, -0.2) is 0 Å². The highest BCUT2D eigenvalue weighted by atomic mass is 16.7. The maximum absolute atomic E-state index is 10.3. The number of aliphatic hydroxyl groups excluding tert-OH is 3. The molecule has 0 spiro atoms. The summed E-state index contributed by atoms with van der Waals surface area (Å²) in [6.07, 6.45) is -5.37. The fraction of sp³-hybridized carbons (Fsp3) is 1.00. The normalized spacial score (nSPS) is 28.0. The van der Waals surface area contributed by atoms with Crippen LogP contribution in [-0.2, 0) is 33.2 Å². The van der Waals surface area contributed by atoms with Crippen molar-refractivity contribution < 1.29 is 48.5 Å². The van der Waals surface area contributed by atoms with E-state index in [1.54, 1.807) is 0 Å². The Kier molecular flexibility index (Phi) is 15.0. The Morgan fingerprint density at radius 1 is 0.679 bits per heavy atom. The van der Waals surface area contributed by atoms with Crippen LogP contribution in [0.3, 0.4) is 0 Å². The lowest BCUT2D eigenvalue weighted by Gasteiger charge is -2.41. The highest BCUT2D eigenvalue weighted by Crippen LogP contribution is 2.24. The lowest BCUT2D eigenvalue weighted by molar-refractivity contribution is -0.312. The van der Waals surface area contributed by atoms with E-state index in [1.807, 2.05) is 13.8 Å². The van der Waals surface area contributed by atoms with E-state index in [9.17, 15) is 15.3 Å². The van der Waals surface area contributed by atoms with Crippen LogP contribution < -0.4 is 0 Å². The zero-order chi connectivity index (χ0) is 20.6. The first-order chi connectivity index (χ1) is 13.7. The first kappa shape index (κ1) is 25.6. The Morgan fingerprint density at radius 3 is 1.71 bits per heavy atom. The minimum absolute atomic E-state index is 0.179. The van der Waals surface area contributed by atoms with E-state index >= 15 is 0 Å². The van der Waals surface area contributed by atoms with Gasteiger partial charge in [-0.1, -0.05) is 0 Å². The monoisotopic (exact) mass is 412 g/mol. The number of ether oxygens (including phenoxy) is 7. The lowest BCUT2D eigenvalue weighted by Crippen LogP contribution is -2.60. The van der Waals surface area contributed by atoms with Crippen molar-refractivity contribution in [2.24, 2.45) is 0 Å². The van der Waals surface area contributed by atoms with E-state index < -0.39 is 37.3 Å². The smallest absolute Gasteiger partial charge is 0.187 e. The Labute approximate surface area is 166 Å². The summed E-state index contributed by atoms with van der Waals surface area (Å²) in [5.74, 6) is 0. The van der Waals surface area contributed by atoms with E-state index in [1.165, 1.54) is 0 Å². The molecule has 1 unspecified atom stereocenters. The van der Waals surface area contributed by atoms with Crippen LogP contribution in [0.4, 0.5) is 0 Å². The molecule has 0 aromatic heterocycles. The van der Waals surface area contributed by atoms with Gasteiger partial charge in [-0.2, -0.15) is 0 Å². The fourth-order valence-electron chi connectivity index (χ4n) is 2.56. The van der Waals surface area contributed by atoms with Gasteiger partial charge in [-0.15, -0.1) is 0 Å². The van der Waals surface area contributed by atoms with Gasteiger partial charge in [-0.3, -0.25) is 0 Å². The van der Waals surface area contributed by atoms with Crippen molar-refractivity contribution in [3.05, 3.63) is 0 Å². The van der Waals surface area contributed by atoms with Crippen molar-refractivity contribution in [1.29, 1.82) is 0 Å². The van der Waals surface area contributed by atoms with Crippen molar-refractivity contribution >= 4 is 0 Å². The topological polar surface area (TPSA) is 125 Å². The van der Waals surface area contributed by atoms with Crippen molar-refractivity contribution in [3.63, 3.8) is 0 Å². The van der Waals surface area contributed by atoms with Gasteiger partial charge < -0.3 is 48.5 Å². The average Bonchev–Trinajstić information content (AvgIpc) is 2.70. The largest absolute Gasteiger partial charge is 0.394 e. The van der Waals surface area contributed by atoms with Crippen LogP contribution in [0.5, 0.6) is 0 Å². The molecule has 1 rings (SSSR count). The van der Waals surface area contributed by atoms with Crippen LogP contribution in [0.1, 0.15) is 13.8 Å². The van der Waals surface area contributed by atoms with Crippen LogP contribution in [-0.4, -0.2) is 119 Å². The Morgan fingerprint density at radius 2 is 1.18 bits per heavy atom. The minimum atomic E-state index is -1.28. The van der Waals surface area contributed by atoms with Gasteiger partial charge in [-0.05, 0) is 13.8 Å². The van der Waals surface area contributed by atoms with Gasteiger partial charge in [0, 0.05) is 13.2 Å². The number of aliphatic hydroxyl groups is 3. The van der Waals surface area contributed by atoms with E-state index in [2.05, 4.69) is 0 Å². The summed E-state index contributed by atoms with van der Waals surface area (Å²) in [6, 6.07) is 0. The van der Waals surface area contributed by atoms with E-state index in [4.69, 9.17) is 33.2 Å². The van der Waals surface area contributed by atoms with Gasteiger partial charge in [0.1, 0.15) is 24.4 Å². The summed E-state index contributed by atoms with van der Waals surface area (Å²) in [4.78, 5) is 0. The molecule has 1 aliphatic rings. The quantitative estimate of drug-likeness (QED) is 0.254. The summed E-state index contributed by atoms with van der Waals surface area (Å²) in [5, 5.41) is 29.7. The molecule has 10 nitrogen and oxygen atoms in total. The molecule has 0 bridgehead atoms. The second kappa shape index (κ2) is 16.4. The minimum Gasteiger partial charge on any atom is -0.394 e. The molecule has 3 N–H and O–H groups in total. The molecule has 1 heterocycles. The summed E-state index contributed by atoms with van der Waals surface area (Å²) in [6.45, 7) is 7.49. The van der Waals surface area contributed by atoms with Crippen LogP contribution in [0.15, 0.2) is 0 Å². The van der Waals surface area contributed by atoms with Gasteiger partial charge in [0.05, 0.1) is 59.5 Å². The molecule has 0 amide bonds. The number of rotatable bonds is 17. The van der Waals surface area contributed by atoms with Crippen LogP contribution in [0.25, 0.3) is 0 Å². The van der Waals surface area contributed by atoms with Gasteiger partial charge in [0.15, 0.2) is 6.29 Å². The van der Waals surface area contributed by atoms with E-state index in [0.717, 1.165) is 0 Å². The molecule has 28 heavy (non-hydrogen) atoms. The maximum Gasteiger partial charge on any atom is 0.187 e. The Hall–Kier alpha value is -0.400. The van der Waals surface area contributed by atoms with Crippen molar-refractivity contribution in [1.82, 2.24) is 0 Å². The molecule has 0 saturated carbocycles. The molecule has 1 fully saturated rings. The molecule has 0 radical (unpaired) electrons. The summed E-state index contributed by atoms with van der Waals surface area (Å²) in [5.41, 5.74) is 0. The molecule has 5 atom stereocenters. The highest BCUT2D eigenvalue weighted by molar-refractivity contribution is 4.90. The number of hydrogen-bond donors (Lipinski definition) is 3. The zero-order valence-corrected chi connectivity index (χ0v) is 16.9. The second-order valence-corrected chi connectivity index (χ2v) is 6.03. The first-order valence-corrected chi connectivity index (χ1v) is 9.82. The van der Waals surface area contributed by atoms with Gasteiger partial charge >= 0.3 is 0 Å². The summed E-state index contributed by atoms with van der Waals surface area (Å²) < 4.78 is 37.8. The van der Waals surface area contributed by atoms with E-state index in [-0.39, 0.29) is 13.2 Å². The Balaban J connectivity index is 2.37. The highest BCUT2D eigenvalue weighted by Gasteiger charge is 2.45. The van der Waals surface area contributed by atoms with Gasteiger partial charge in [0.2, 0.25) is 0 Å². The second-order valence-electron chi connectivity index (χ2n) is 6.03. The fourth-order valence-corrected chi connectivity index (χ4v) is 2.56. The van der Waals surface area contributed by atoms with Gasteiger partial charge in [0.25, 0.3) is 0 Å². The van der Waals surface area contributed by atoms with Crippen molar-refractivity contribution in [3.8, 4) is 0 Å². The first-order valence-electron chi connectivity index (χ1n) is 9.82. The predicted molar refractivity (Wildman–Crippen MR) is 98.1 cm³/mol. The molecular formula is C18H36O10. The third-order valence-electron chi connectivity index (χ3n) is 4.02. The molecule has 1 saturated heterocycles. The van der Waals surface area contributed by atoms with Crippen LogP contribution in [0, 0.1) is 0 Å². The molecular weight excluding hydrogens is 376 g/mol. The summed E-state index contributed by atoms with van der Waals surface area (Å²) in [7, 11) is 0. The standard InChI is InChI=1S/C18H36O10/c1-3-22-5-7-24-9-11-26-17-16(21)15(20)14(13-19)28-18(17)27-12-10-25-8-6-23-4-2/h14-21H,3-13H2,1-2H3/t14-,15+,16+,17-,18?/m1/s1. The van der Waals surface area contributed by atoms with Crippen LogP contribution >= 0.6 is 0 Å². The van der Waals surface area contributed by atoms with Crippen LogP contribution in [0.2, 0.25) is 0 Å². The summed E-state index contributed by atoms with van der Waals surface area (Å²) >= 11 is 0. The van der Waals surface area contributed by atoms with Crippen molar-refractivity contribution in [2.45, 2.75) is 44.6 Å². The molecule has 10 heteroatoms. The molecule has 0 aliphatic carbocycles. The Bertz CT molecular complexity index is 359. The van der Waals surface area contributed by atoms with Crippen molar-refractivity contribution in [2.75, 3.05) is 72.7 Å². The third-order valence-corrected chi connectivity index (χ3v) is 4.02. The maximum atomic E-state index is 10.3. The SMILES string of the molecule is CCOCCOCCOC1O[C@H](CO)[C@H](O)[C@H](O)[C@H]1OCCOCCOCC. The number of hydrogen-bond acceptors (Lipinski definition) is 10. The molecule has 0 aromatic carbocycles.